The van der Waals surface area contributed by atoms with E-state index in [9.17, 15) is 0 Å². The molecule has 0 saturated heterocycles. The first kappa shape index (κ1) is 26.9. The molecule has 0 aliphatic heterocycles. The Kier molecular flexibility index (Phi) is 11.1. The Morgan fingerprint density at radius 2 is 1.17 bits per heavy atom. The van der Waals surface area contributed by atoms with Crippen molar-refractivity contribution in [1.29, 1.82) is 0 Å². The summed E-state index contributed by atoms with van der Waals surface area (Å²) in [6, 6.07) is 0. The molecule has 3 unspecified atom stereocenters. The van der Waals surface area contributed by atoms with E-state index < -0.39 is 5.79 Å². The van der Waals surface area contributed by atoms with Crippen LogP contribution in [0.4, 0.5) is 0 Å². The maximum Gasteiger partial charge on any atom is 0.236 e. The van der Waals surface area contributed by atoms with Gasteiger partial charge in [0.15, 0.2) is 0 Å². The molecule has 0 radical (unpaired) electrons. The van der Waals surface area contributed by atoms with Crippen LogP contribution < -0.4 is 0 Å². The molecule has 1 saturated carbocycles. The maximum atomic E-state index is 6.17. The van der Waals surface area contributed by atoms with Crippen LogP contribution >= 0.6 is 0 Å². The van der Waals surface area contributed by atoms with E-state index in [1.165, 1.54) is 25.7 Å². The van der Waals surface area contributed by atoms with Crippen LogP contribution in [0.3, 0.4) is 0 Å². The Labute approximate surface area is 181 Å². The van der Waals surface area contributed by atoms with E-state index in [2.05, 4.69) is 62.3 Å². The van der Waals surface area contributed by atoms with Crippen molar-refractivity contribution in [2.24, 2.45) is 17.8 Å². The third-order valence-electron chi connectivity index (χ3n) is 6.64. The summed E-state index contributed by atoms with van der Waals surface area (Å²) < 4.78 is 0. The Hall–Kier alpha value is -0.160. The summed E-state index contributed by atoms with van der Waals surface area (Å²) in [5.74, 6) is 0.479. The summed E-state index contributed by atoms with van der Waals surface area (Å²) in [7, 11) is 0. The van der Waals surface area contributed by atoms with Gasteiger partial charge in [-0.25, -0.2) is 9.78 Å². The zero-order valence-corrected chi connectivity index (χ0v) is 20.9. The molecular weight excluding hydrogens is 364 g/mol. The molecule has 0 aromatic carbocycles. The van der Waals surface area contributed by atoms with Gasteiger partial charge in [-0.1, -0.05) is 73.1 Å². The summed E-state index contributed by atoms with van der Waals surface area (Å²) >= 11 is 0. The largest absolute Gasteiger partial charge is 0.236 e. The number of hydrogen-bond acceptors (Lipinski definition) is 4. The molecule has 0 amide bonds. The van der Waals surface area contributed by atoms with E-state index in [1.54, 1.807) is 0 Å². The van der Waals surface area contributed by atoms with Crippen molar-refractivity contribution in [3.8, 4) is 0 Å². The zero-order chi connectivity index (χ0) is 22.1. The average molecular weight is 415 g/mol. The second-order valence-corrected chi connectivity index (χ2v) is 10.9. The second kappa shape index (κ2) is 12.0. The van der Waals surface area contributed by atoms with Crippen LogP contribution in [0, 0.1) is 17.8 Å². The van der Waals surface area contributed by atoms with Crippen molar-refractivity contribution in [2.75, 3.05) is 0 Å². The summed E-state index contributed by atoms with van der Waals surface area (Å²) in [4.78, 5) is 24.4. The molecule has 0 aromatic heterocycles. The highest BCUT2D eigenvalue weighted by Gasteiger charge is 2.49. The first-order valence-corrected chi connectivity index (χ1v) is 12.2. The topological polar surface area (TPSA) is 36.9 Å². The monoisotopic (exact) mass is 414 g/mol. The minimum Gasteiger partial charge on any atom is -0.228 e. The van der Waals surface area contributed by atoms with Crippen LogP contribution in [0.15, 0.2) is 0 Å². The predicted molar refractivity (Wildman–Crippen MR) is 120 cm³/mol. The van der Waals surface area contributed by atoms with Crippen LogP contribution in [0.25, 0.3) is 0 Å². The van der Waals surface area contributed by atoms with Gasteiger partial charge in [0.05, 0.1) is 11.2 Å². The Bertz CT molecular complexity index is 420. The van der Waals surface area contributed by atoms with Gasteiger partial charge < -0.3 is 0 Å². The standard InChI is InChI=1S/C25H50O4/c1-10-12-14-16-23(6,7)26-28-25(19-21(4)20(3)18-22(25)5)29-27-24(8,9)17-15-13-11-2/h20-22H,10-19H2,1-9H3. The van der Waals surface area contributed by atoms with Gasteiger partial charge in [0.1, 0.15) is 0 Å². The molecule has 0 spiro atoms. The lowest BCUT2D eigenvalue weighted by molar-refractivity contribution is -0.560. The third-order valence-corrected chi connectivity index (χ3v) is 6.64. The molecule has 1 aliphatic rings. The second-order valence-electron chi connectivity index (χ2n) is 10.9. The van der Waals surface area contributed by atoms with Crippen LogP contribution in [-0.2, 0) is 19.6 Å². The predicted octanol–water partition coefficient (Wildman–Crippen LogP) is 8.00. The smallest absolute Gasteiger partial charge is 0.228 e. The Morgan fingerprint density at radius 1 is 0.724 bits per heavy atom. The highest BCUT2D eigenvalue weighted by Crippen LogP contribution is 2.45. The van der Waals surface area contributed by atoms with E-state index >= 15 is 0 Å². The minimum atomic E-state index is -0.851. The highest BCUT2D eigenvalue weighted by atomic mass is 17.3. The quantitative estimate of drug-likeness (QED) is 0.125. The molecule has 0 N–H and O–H groups in total. The third kappa shape index (κ3) is 9.25. The van der Waals surface area contributed by atoms with Gasteiger partial charge in [0.2, 0.25) is 5.79 Å². The molecule has 4 heteroatoms. The normalized spacial score (nSPS) is 25.3. The van der Waals surface area contributed by atoms with Gasteiger partial charge in [0, 0.05) is 12.3 Å². The van der Waals surface area contributed by atoms with Gasteiger partial charge in [0.25, 0.3) is 0 Å². The van der Waals surface area contributed by atoms with Crippen LogP contribution in [0.1, 0.15) is 127 Å². The van der Waals surface area contributed by atoms with Gasteiger partial charge in [-0.2, -0.15) is 9.78 Å². The molecule has 1 fully saturated rings. The van der Waals surface area contributed by atoms with Gasteiger partial charge in [-0.15, -0.1) is 0 Å². The van der Waals surface area contributed by atoms with Crippen LogP contribution in [0.2, 0.25) is 0 Å². The summed E-state index contributed by atoms with van der Waals surface area (Å²) in [5, 5.41) is 0. The minimum absolute atomic E-state index is 0.201. The summed E-state index contributed by atoms with van der Waals surface area (Å²) in [6.07, 6.45) is 10.9. The van der Waals surface area contributed by atoms with Gasteiger partial charge >= 0.3 is 0 Å². The van der Waals surface area contributed by atoms with Crippen molar-refractivity contribution < 1.29 is 19.6 Å². The first-order valence-electron chi connectivity index (χ1n) is 12.2. The summed E-state index contributed by atoms with van der Waals surface area (Å²) in [5.41, 5.74) is -0.678. The van der Waals surface area contributed by atoms with Crippen molar-refractivity contribution >= 4 is 0 Å². The van der Waals surface area contributed by atoms with Gasteiger partial charge in [-0.05, 0) is 58.8 Å². The van der Waals surface area contributed by atoms with Crippen molar-refractivity contribution in [3.05, 3.63) is 0 Å². The number of hydrogen-bond donors (Lipinski definition) is 0. The Balaban J connectivity index is 2.82. The number of rotatable bonds is 14. The maximum absolute atomic E-state index is 6.17. The van der Waals surface area contributed by atoms with Crippen LogP contribution in [0.5, 0.6) is 0 Å². The molecule has 0 bridgehead atoms. The fourth-order valence-corrected chi connectivity index (χ4v) is 4.12. The lowest BCUT2D eigenvalue weighted by atomic mass is 9.73. The lowest BCUT2D eigenvalue weighted by Gasteiger charge is -2.46. The van der Waals surface area contributed by atoms with Crippen molar-refractivity contribution in [2.45, 2.75) is 144 Å². The van der Waals surface area contributed by atoms with E-state index in [0.29, 0.717) is 11.8 Å². The van der Waals surface area contributed by atoms with E-state index in [4.69, 9.17) is 19.6 Å². The molecule has 4 nitrogen and oxygen atoms in total. The molecule has 3 atom stereocenters. The summed E-state index contributed by atoms with van der Waals surface area (Å²) in [6.45, 7) is 19.6. The fraction of sp³-hybridized carbons (Fsp3) is 1.00. The Morgan fingerprint density at radius 3 is 1.59 bits per heavy atom. The SMILES string of the molecule is CCCCCC(C)(C)OOC1(OOC(C)(C)CCCCC)CC(C)C(C)CC1C. The molecule has 174 valence electrons. The zero-order valence-electron chi connectivity index (χ0n) is 20.9. The van der Waals surface area contributed by atoms with E-state index in [1.807, 2.05) is 0 Å². The molecule has 0 heterocycles. The lowest BCUT2D eigenvalue weighted by Crippen LogP contribution is -2.51. The average Bonchev–Trinajstić information content (AvgIpc) is 2.63. The molecule has 1 aliphatic carbocycles. The molecule has 29 heavy (non-hydrogen) atoms. The van der Waals surface area contributed by atoms with Crippen molar-refractivity contribution in [3.63, 3.8) is 0 Å². The van der Waals surface area contributed by atoms with Gasteiger partial charge in [-0.3, -0.25) is 0 Å². The van der Waals surface area contributed by atoms with E-state index in [0.717, 1.165) is 38.5 Å². The van der Waals surface area contributed by atoms with Crippen molar-refractivity contribution in [1.82, 2.24) is 0 Å². The molecular formula is C25H50O4. The first-order chi connectivity index (χ1) is 13.5. The molecule has 1 rings (SSSR count). The molecule has 0 aromatic rings. The number of unbranched alkanes of at least 4 members (excludes halogenated alkanes) is 4. The fourth-order valence-electron chi connectivity index (χ4n) is 4.12. The van der Waals surface area contributed by atoms with Crippen LogP contribution in [-0.4, -0.2) is 17.0 Å². The van der Waals surface area contributed by atoms with E-state index in [-0.39, 0.29) is 17.1 Å². The highest BCUT2D eigenvalue weighted by molar-refractivity contribution is 4.87.